The maximum atomic E-state index is 14.8. The molecule has 5 rings (SSSR count). The standard InChI is InChI=1S/C25H19F4N7O2/c1-36-13-16(19(10-30)34-36)7-21-31-11-17(12-32-21)14-2-3-15(18(26)6-14)8-23(37)33-22-9-20(38-35-22)24(4-5-24)25(27,28)29/h2-3,6,9,11-13H,4-5,7-8H2,1H3,(H,33,35,37). The van der Waals surface area contributed by atoms with Gasteiger partial charge in [0.25, 0.3) is 0 Å². The fourth-order valence-electron chi connectivity index (χ4n) is 4.11. The predicted octanol–water partition coefficient (Wildman–Crippen LogP) is 4.24. The van der Waals surface area contributed by atoms with Crippen molar-refractivity contribution in [3.63, 3.8) is 0 Å². The Labute approximate surface area is 213 Å². The Balaban J connectivity index is 1.22. The third kappa shape index (κ3) is 4.84. The summed E-state index contributed by atoms with van der Waals surface area (Å²) in [5, 5.41) is 19.1. The topological polar surface area (TPSA) is 123 Å². The van der Waals surface area contributed by atoms with E-state index in [1.165, 1.54) is 29.2 Å². The van der Waals surface area contributed by atoms with Gasteiger partial charge in [-0.3, -0.25) is 9.48 Å². The van der Waals surface area contributed by atoms with Crippen LogP contribution in [-0.2, 0) is 30.1 Å². The molecule has 4 aromatic rings. The lowest BCUT2D eigenvalue weighted by Gasteiger charge is -2.14. The zero-order valence-electron chi connectivity index (χ0n) is 19.9. The third-order valence-electron chi connectivity index (χ3n) is 6.34. The van der Waals surface area contributed by atoms with Crippen LogP contribution in [0, 0.1) is 17.1 Å². The highest BCUT2D eigenvalue weighted by molar-refractivity contribution is 5.91. The fourth-order valence-corrected chi connectivity index (χ4v) is 4.11. The zero-order valence-corrected chi connectivity index (χ0v) is 19.9. The molecule has 0 saturated heterocycles. The average molecular weight is 525 g/mol. The number of nitriles is 1. The van der Waals surface area contributed by atoms with Crippen LogP contribution in [0.4, 0.5) is 23.4 Å². The number of halogens is 4. The Morgan fingerprint density at radius 3 is 2.55 bits per heavy atom. The summed E-state index contributed by atoms with van der Waals surface area (Å²) in [6, 6.07) is 7.35. The van der Waals surface area contributed by atoms with Gasteiger partial charge in [0.05, 0.1) is 6.42 Å². The number of benzene rings is 1. The van der Waals surface area contributed by atoms with E-state index < -0.39 is 23.3 Å². The van der Waals surface area contributed by atoms with Crippen molar-refractivity contribution in [2.45, 2.75) is 37.3 Å². The van der Waals surface area contributed by atoms with Crippen molar-refractivity contribution in [1.29, 1.82) is 5.26 Å². The van der Waals surface area contributed by atoms with E-state index in [1.807, 2.05) is 6.07 Å². The van der Waals surface area contributed by atoms with Crippen LogP contribution in [0.15, 0.2) is 47.4 Å². The normalized spacial score (nSPS) is 14.2. The molecule has 0 aliphatic heterocycles. The molecule has 38 heavy (non-hydrogen) atoms. The van der Waals surface area contributed by atoms with Gasteiger partial charge < -0.3 is 9.84 Å². The molecule has 1 saturated carbocycles. The summed E-state index contributed by atoms with van der Waals surface area (Å²) in [7, 11) is 1.71. The molecule has 3 heterocycles. The molecule has 1 aromatic carbocycles. The molecule has 194 valence electrons. The van der Waals surface area contributed by atoms with Crippen molar-refractivity contribution in [3.8, 4) is 17.2 Å². The number of amides is 1. The number of aromatic nitrogens is 5. The first-order valence-electron chi connectivity index (χ1n) is 11.4. The summed E-state index contributed by atoms with van der Waals surface area (Å²) in [5.74, 6) is -1.36. The Kier molecular flexibility index (Phi) is 6.18. The van der Waals surface area contributed by atoms with Gasteiger partial charge >= 0.3 is 6.18 Å². The van der Waals surface area contributed by atoms with Gasteiger partial charge in [0, 0.05) is 49.3 Å². The van der Waals surface area contributed by atoms with Crippen LogP contribution in [0.2, 0.25) is 0 Å². The van der Waals surface area contributed by atoms with Crippen LogP contribution in [0.5, 0.6) is 0 Å². The van der Waals surface area contributed by atoms with E-state index in [2.05, 4.69) is 25.5 Å². The number of nitrogens with one attached hydrogen (secondary N) is 1. The largest absolute Gasteiger partial charge is 0.401 e. The van der Waals surface area contributed by atoms with E-state index in [1.54, 1.807) is 19.3 Å². The van der Waals surface area contributed by atoms with Crippen molar-refractivity contribution >= 4 is 11.7 Å². The molecule has 0 spiro atoms. The van der Waals surface area contributed by atoms with Crippen LogP contribution in [-0.4, -0.2) is 37.0 Å². The predicted molar refractivity (Wildman–Crippen MR) is 124 cm³/mol. The molecule has 1 fully saturated rings. The summed E-state index contributed by atoms with van der Waals surface area (Å²) < 4.78 is 60.8. The second-order valence-corrected chi connectivity index (χ2v) is 9.04. The van der Waals surface area contributed by atoms with E-state index in [0.717, 1.165) is 6.07 Å². The molecule has 0 unspecified atom stereocenters. The van der Waals surface area contributed by atoms with Crippen LogP contribution in [0.25, 0.3) is 11.1 Å². The van der Waals surface area contributed by atoms with Gasteiger partial charge in [-0.2, -0.15) is 23.5 Å². The van der Waals surface area contributed by atoms with E-state index in [0.29, 0.717) is 34.6 Å². The molecule has 1 aliphatic rings. The van der Waals surface area contributed by atoms with Gasteiger partial charge in [-0.25, -0.2) is 14.4 Å². The number of rotatable bonds is 7. The summed E-state index contributed by atoms with van der Waals surface area (Å²) in [4.78, 5) is 20.9. The van der Waals surface area contributed by atoms with Gasteiger partial charge in [-0.1, -0.05) is 17.3 Å². The van der Waals surface area contributed by atoms with Crippen molar-refractivity contribution in [2.24, 2.45) is 7.05 Å². The Morgan fingerprint density at radius 1 is 1.18 bits per heavy atom. The highest BCUT2D eigenvalue weighted by atomic mass is 19.4. The number of anilines is 1. The number of carbonyl (C=O) groups excluding carboxylic acids is 1. The van der Waals surface area contributed by atoms with E-state index in [9.17, 15) is 22.4 Å². The monoisotopic (exact) mass is 525 g/mol. The highest BCUT2D eigenvalue weighted by Crippen LogP contribution is 2.59. The first kappa shape index (κ1) is 25.1. The minimum absolute atomic E-state index is 0.0853. The minimum atomic E-state index is -4.47. The molecule has 0 bridgehead atoms. The number of aryl methyl sites for hydroxylation is 1. The number of hydrogen-bond acceptors (Lipinski definition) is 7. The number of nitrogens with zero attached hydrogens (tertiary/aromatic N) is 6. The Hall–Kier alpha value is -4.60. The Morgan fingerprint density at radius 2 is 1.92 bits per heavy atom. The second kappa shape index (κ2) is 9.37. The lowest BCUT2D eigenvalue weighted by molar-refractivity contribution is -0.165. The minimum Gasteiger partial charge on any atom is -0.358 e. The van der Waals surface area contributed by atoms with Crippen LogP contribution >= 0.6 is 0 Å². The zero-order chi connectivity index (χ0) is 27.1. The summed E-state index contributed by atoms with van der Waals surface area (Å²) in [5.41, 5.74) is 0.0433. The molecule has 3 aromatic heterocycles. The lowest BCUT2D eigenvalue weighted by atomic mass is 10.0. The Bertz CT molecular complexity index is 1550. The number of alkyl halides is 3. The average Bonchev–Trinajstić information content (AvgIpc) is 3.45. The van der Waals surface area contributed by atoms with Crippen LogP contribution in [0.1, 0.15) is 41.2 Å². The molecular formula is C25H19F4N7O2. The molecule has 1 aliphatic carbocycles. The van der Waals surface area contributed by atoms with Crippen molar-refractivity contribution < 1.29 is 26.9 Å². The number of hydrogen-bond donors (Lipinski definition) is 1. The molecular weight excluding hydrogens is 506 g/mol. The van der Waals surface area contributed by atoms with Crippen LogP contribution < -0.4 is 5.32 Å². The molecule has 9 nitrogen and oxygen atoms in total. The highest BCUT2D eigenvalue weighted by Gasteiger charge is 2.66. The van der Waals surface area contributed by atoms with Gasteiger partial charge in [0.1, 0.15) is 23.1 Å². The van der Waals surface area contributed by atoms with Gasteiger partial charge in [0.15, 0.2) is 17.3 Å². The molecule has 0 atom stereocenters. The smallest absolute Gasteiger partial charge is 0.358 e. The van der Waals surface area contributed by atoms with E-state index in [-0.39, 0.29) is 36.4 Å². The lowest BCUT2D eigenvalue weighted by Crippen LogP contribution is -2.28. The van der Waals surface area contributed by atoms with E-state index >= 15 is 0 Å². The summed E-state index contributed by atoms with van der Waals surface area (Å²) in [6.07, 6.45) is 0.0551. The van der Waals surface area contributed by atoms with Crippen molar-refractivity contribution in [3.05, 3.63) is 77.1 Å². The first-order valence-corrected chi connectivity index (χ1v) is 11.4. The first-order chi connectivity index (χ1) is 18.1. The molecule has 0 radical (unpaired) electrons. The summed E-state index contributed by atoms with van der Waals surface area (Å²) in [6.45, 7) is 0. The maximum absolute atomic E-state index is 14.8. The van der Waals surface area contributed by atoms with Gasteiger partial charge in [0.2, 0.25) is 5.91 Å². The quantitative estimate of drug-likeness (QED) is 0.358. The maximum Gasteiger partial charge on any atom is 0.401 e. The van der Waals surface area contributed by atoms with Crippen molar-refractivity contribution in [2.75, 3.05) is 5.32 Å². The molecule has 13 heteroatoms. The summed E-state index contributed by atoms with van der Waals surface area (Å²) >= 11 is 0. The van der Waals surface area contributed by atoms with Crippen LogP contribution in [0.3, 0.4) is 0 Å². The van der Waals surface area contributed by atoms with E-state index in [4.69, 9.17) is 9.78 Å². The van der Waals surface area contributed by atoms with Gasteiger partial charge in [-0.15, -0.1) is 0 Å². The van der Waals surface area contributed by atoms with Gasteiger partial charge in [-0.05, 0) is 30.0 Å². The second-order valence-electron chi connectivity index (χ2n) is 9.04. The van der Waals surface area contributed by atoms with Crippen molar-refractivity contribution in [1.82, 2.24) is 24.9 Å². The molecule has 1 amide bonds. The number of carbonyl (C=O) groups is 1. The molecule has 1 N–H and O–H groups in total. The third-order valence-corrected chi connectivity index (χ3v) is 6.34. The fraction of sp³-hybridized carbons (Fsp3) is 0.280. The SMILES string of the molecule is Cn1cc(Cc2ncc(-c3ccc(CC(=O)Nc4cc(C5(C(F)(F)F)CC5)on4)c(F)c3)cn2)c(C#N)n1.